The Labute approximate surface area is 166 Å². The number of aromatic nitrogens is 1. The van der Waals surface area contributed by atoms with Gasteiger partial charge in [-0.25, -0.2) is 0 Å². The van der Waals surface area contributed by atoms with E-state index in [4.69, 9.17) is 9.63 Å². The van der Waals surface area contributed by atoms with Gasteiger partial charge >= 0.3 is 0 Å². The fourth-order valence-corrected chi connectivity index (χ4v) is 2.38. The summed E-state index contributed by atoms with van der Waals surface area (Å²) in [7, 11) is 3.38. The monoisotopic (exact) mass is 389 g/mol. The van der Waals surface area contributed by atoms with Gasteiger partial charge < -0.3 is 19.8 Å². The summed E-state index contributed by atoms with van der Waals surface area (Å²) in [5, 5.41) is 15.6. The van der Waals surface area contributed by atoms with Crippen molar-refractivity contribution in [2.24, 2.45) is 0 Å². The first-order chi connectivity index (χ1) is 13.4. The predicted molar refractivity (Wildman–Crippen MR) is 108 cm³/mol. The summed E-state index contributed by atoms with van der Waals surface area (Å²) in [6.45, 7) is 5.93. The molecule has 0 saturated heterocycles. The summed E-state index contributed by atoms with van der Waals surface area (Å²) in [5.41, 5.74) is 1.62. The molecule has 1 aromatic carbocycles. The van der Waals surface area contributed by atoms with Crippen LogP contribution in [0.1, 0.15) is 67.8 Å². The Hall–Kier alpha value is -2.83. The van der Waals surface area contributed by atoms with Gasteiger partial charge in [-0.15, -0.1) is 0 Å². The van der Waals surface area contributed by atoms with Gasteiger partial charge in [0, 0.05) is 38.6 Å². The first kappa shape index (κ1) is 23.2. The molecule has 2 N–H and O–H groups in total. The number of carbonyl (C=O) groups excluding carboxylic acids is 2. The fraction of sp³-hybridized carbons (Fsp3) is 0.476. The molecular weight excluding hydrogens is 358 g/mol. The molecule has 0 aliphatic heterocycles. The van der Waals surface area contributed by atoms with Crippen molar-refractivity contribution in [3.8, 4) is 5.75 Å². The van der Waals surface area contributed by atoms with Crippen LogP contribution in [0.25, 0.3) is 0 Å². The van der Waals surface area contributed by atoms with E-state index >= 15 is 0 Å². The number of phenolic OH excluding ortho intramolecular Hbond substituents is 1. The van der Waals surface area contributed by atoms with Gasteiger partial charge in [0.1, 0.15) is 5.75 Å². The van der Waals surface area contributed by atoms with Gasteiger partial charge in [0.15, 0.2) is 5.76 Å². The number of phenols is 1. The maximum atomic E-state index is 11.3. The van der Waals surface area contributed by atoms with Crippen molar-refractivity contribution in [3.63, 3.8) is 0 Å². The van der Waals surface area contributed by atoms with Crippen molar-refractivity contribution in [2.75, 3.05) is 14.1 Å². The highest BCUT2D eigenvalue weighted by molar-refractivity contribution is 5.93. The van der Waals surface area contributed by atoms with Gasteiger partial charge in [-0.2, -0.15) is 0 Å². The summed E-state index contributed by atoms with van der Waals surface area (Å²) in [6.07, 6.45) is 3.72. The quantitative estimate of drug-likeness (QED) is 0.831. The topological polar surface area (TPSA) is 95.7 Å². The van der Waals surface area contributed by atoms with E-state index in [0.29, 0.717) is 18.0 Å². The SMILES string of the molecule is CC.CC(=O)NCc1cc(C2CCC2)no1.CN(C)C(=O)c1ccc(O)cc1. The Bertz CT molecular complexity index is 734. The number of nitrogens with zero attached hydrogens (tertiary/aromatic N) is 2. The van der Waals surface area contributed by atoms with E-state index in [1.165, 1.54) is 43.2 Å². The average Bonchev–Trinajstić information content (AvgIpc) is 3.09. The molecule has 0 atom stereocenters. The first-order valence-corrected chi connectivity index (χ1v) is 9.57. The van der Waals surface area contributed by atoms with Crippen molar-refractivity contribution in [3.05, 3.63) is 47.3 Å². The van der Waals surface area contributed by atoms with Crippen molar-refractivity contribution in [1.29, 1.82) is 0 Å². The zero-order valence-electron chi connectivity index (χ0n) is 17.4. The summed E-state index contributed by atoms with van der Waals surface area (Å²) in [6, 6.07) is 8.13. The Morgan fingerprint density at radius 3 is 2.29 bits per heavy atom. The molecule has 1 aromatic heterocycles. The second kappa shape index (κ2) is 11.8. The molecule has 7 nitrogen and oxygen atoms in total. The van der Waals surface area contributed by atoms with Crippen LogP contribution in [0.4, 0.5) is 0 Å². The number of hydrogen-bond acceptors (Lipinski definition) is 5. The van der Waals surface area contributed by atoms with Crippen molar-refractivity contribution >= 4 is 11.8 Å². The predicted octanol–water partition coefficient (Wildman–Crippen LogP) is 3.70. The highest BCUT2D eigenvalue weighted by Crippen LogP contribution is 2.35. The second-order valence-corrected chi connectivity index (χ2v) is 6.50. The third kappa shape index (κ3) is 7.42. The van der Waals surface area contributed by atoms with Crippen LogP contribution < -0.4 is 5.32 Å². The van der Waals surface area contributed by atoms with E-state index in [2.05, 4.69) is 10.5 Å². The van der Waals surface area contributed by atoms with E-state index in [0.717, 1.165) is 11.5 Å². The zero-order chi connectivity index (χ0) is 21.1. The second-order valence-electron chi connectivity index (χ2n) is 6.50. The molecule has 1 heterocycles. The molecule has 1 aliphatic carbocycles. The summed E-state index contributed by atoms with van der Waals surface area (Å²) in [4.78, 5) is 23.4. The van der Waals surface area contributed by atoms with Gasteiger partial charge in [-0.05, 0) is 37.1 Å². The molecule has 2 aromatic rings. The largest absolute Gasteiger partial charge is 0.508 e. The van der Waals surface area contributed by atoms with Crippen LogP contribution in [0.3, 0.4) is 0 Å². The van der Waals surface area contributed by atoms with Crippen LogP contribution in [-0.4, -0.2) is 41.1 Å². The molecule has 1 fully saturated rings. The Balaban J connectivity index is 0.000000260. The lowest BCUT2D eigenvalue weighted by Gasteiger charge is -2.22. The van der Waals surface area contributed by atoms with E-state index < -0.39 is 0 Å². The van der Waals surface area contributed by atoms with E-state index in [-0.39, 0.29) is 17.6 Å². The Morgan fingerprint density at radius 2 is 1.82 bits per heavy atom. The van der Waals surface area contributed by atoms with Gasteiger partial charge in [0.2, 0.25) is 5.91 Å². The number of aromatic hydroxyl groups is 1. The summed E-state index contributed by atoms with van der Waals surface area (Å²) in [5.74, 6) is 1.39. The molecule has 2 amide bonds. The van der Waals surface area contributed by atoms with Crippen LogP contribution in [0.2, 0.25) is 0 Å². The number of hydrogen-bond donors (Lipinski definition) is 2. The number of benzene rings is 1. The number of carbonyl (C=O) groups is 2. The van der Waals surface area contributed by atoms with Gasteiger partial charge in [0.25, 0.3) is 5.91 Å². The molecule has 0 bridgehead atoms. The maximum Gasteiger partial charge on any atom is 0.253 e. The molecule has 7 heteroatoms. The third-order valence-corrected chi connectivity index (χ3v) is 4.13. The molecule has 28 heavy (non-hydrogen) atoms. The normalized spacial score (nSPS) is 12.5. The number of amides is 2. The fourth-order valence-electron chi connectivity index (χ4n) is 2.38. The molecule has 3 rings (SSSR count). The van der Waals surface area contributed by atoms with Crippen LogP contribution in [-0.2, 0) is 11.3 Å². The molecule has 154 valence electrons. The van der Waals surface area contributed by atoms with Gasteiger partial charge in [-0.1, -0.05) is 25.4 Å². The van der Waals surface area contributed by atoms with Gasteiger partial charge in [0.05, 0.1) is 12.2 Å². The lowest BCUT2D eigenvalue weighted by molar-refractivity contribution is -0.119. The number of rotatable bonds is 4. The van der Waals surface area contributed by atoms with Crippen LogP contribution in [0.15, 0.2) is 34.9 Å². The molecular formula is C21H31N3O4. The van der Waals surface area contributed by atoms with Crippen molar-refractivity contribution in [1.82, 2.24) is 15.4 Å². The van der Waals surface area contributed by atoms with Crippen molar-refractivity contribution < 1.29 is 19.2 Å². The first-order valence-electron chi connectivity index (χ1n) is 9.57. The van der Waals surface area contributed by atoms with Crippen LogP contribution >= 0.6 is 0 Å². The van der Waals surface area contributed by atoms with Crippen molar-refractivity contribution in [2.45, 2.75) is 52.5 Å². The van der Waals surface area contributed by atoms with Gasteiger partial charge in [-0.3, -0.25) is 9.59 Å². The Kier molecular flexibility index (Phi) is 9.78. The van der Waals surface area contributed by atoms with Crippen LogP contribution in [0, 0.1) is 0 Å². The summed E-state index contributed by atoms with van der Waals surface area (Å²) >= 11 is 0. The van der Waals surface area contributed by atoms with E-state index in [9.17, 15) is 9.59 Å². The third-order valence-electron chi connectivity index (χ3n) is 4.13. The highest BCUT2D eigenvalue weighted by atomic mass is 16.5. The van der Waals surface area contributed by atoms with E-state index in [1.54, 1.807) is 26.2 Å². The average molecular weight is 389 g/mol. The van der Waals surface area contributed by atoms with E-state index in [1.807, 2.05) is 19.9 Å². The number of nitrogens with one attached hydrogen (secondary N) is 1. The highest BCUT2D eigenvalue weighted by Gasteiger charge is 2.22. The molecule has 0 radical (unpaired) electrons. The maximum absolute atomic E-state index is 11.3. The molecule has 1 aliphatic rings. The molecule has 1 saturated carbocycles. The lowest BCUT2D eigenvalue weighted by atomic mass is 9.83. The summed E-state index contributed by atoms with van der Waals surface area (Å²) < 4.78 is 5.11. The lowest BCUT2D eigenvalue weighted by Crippen LogP contribution is -2.21. The molecule has 0 unspecified atom stereocenters. The standard InChI is InChI=1S/C10H14N2O2.C9H11NO2.C2H6/c1-7(13)11-6-9-5-10(12-14-9)8-3-2-4-8;1-10(2)9(12)7-3-5-8(11)6-4-7;1-2/h5,8H,2-4,6H2,1H3,(H,11,13);3-6,11H,1-2H3;1-2H3. The molecule has 0 spiro atoms. The smallest absolute Gasteiger partial charge is 0.253 e. The minimum absolute atomic E-state index is 0.0494. The minimum atomic E-state index is -0.0602. The van der Waals surface area contributed by atoms with Crippen LogP contribution in [0.5, 0.6) is 5.75 Å². The zero-order valence-corrected chi connectivity index (χ0v) is 17.4. The minimum Gasteiger partial charge on any atom is -0.508 e. The Morgan fingerprint density at radius 1 is 1.21 bits per heavy atom.